The van der Waals surface area contributed by atoms with Crippen molar-refractivity contribution in [2.45, 2.75) is 97.2 Å². The molecule has 188 valence electrons. The zero-order valence-corrected chi connectivity index (χ0v) is 20.1. The normalized spacial score (nSPS) is 22.1. The molecule has 0 saturated carbocycles. The van der Waals surface area contributed by atoms with E-state index in [9.17, 15) is 34.8 Å². The van der Waals surface area contributed by atoms with Gasteiger partial charge in [-0.15, -0.1) is 0 Å². The molecule has 0 radical (unpaired) electrons. The topological polar surface area (TPSA) is 151 Å². The van der Waals surface area contributed by atoms with E-state index in [0.717, 1.165) is 12.0 Å². The van der Waals surface area contributed by atoms with E-state index in [4.69, 9.17) is 9.47 Å². The summed E-state index contributed by atoms with van der Waals surface area (Å²) in [6, 6.07) is 0. The number of Topliss-reactive ketones (excluding diaryl/α,β-unsaturated/α-hetero) is 1. The first-order valence-electron chi connectivity index (χ1n) is 11.3. The summed E-state index contributed by atoms with van der Waals surface area (Å²) >= 11 is 0. The van der Waals surface area contributed by atoms with Crippen molar-refractivity contribution < 1.29 is 44.3 Å². The van der Waals surface area contributed by atoms with E-state index < -0.39 is 49.1 Å². The van der Waals surface area contributed by atoms with E-state index in [0.29, 0.717) is 12.0 Å². The Balaban J connectivity index is 2.55. The average molecular weight is 471 g/mol. The van der Waals surface area contributed by atoms with Crippen molar-refractivity contribution >= 4 is 17.7 Å². The molecule has 0 saturated heterocycles. The smallest absolute Gasteiger partial charge is 0.307 e. The Kier molecular flexibility index (Phi) is 11.4. The quantitative estimate of drug-likeness (QED) is 0.310. The van der Waals surface area contributed by atoms with Gasteiger partial charge in [-0.05, 0) is 36.3 Å². The van der Waals surface area contributed by atoms with Gasteiger partial charge < -0.3 is 29.9 Å². The van der Waals surface area contributed by atoms with Crippen molar-refractivity contribution in [2.75, 3.05) is 6.61 Å². The number of hydrogen-bond acceptors (Lipinski definition) is 9. The largest absolute Gasteiger partial charge is 0.463 e. The molecule has 0 aromatic rings. The van der Waals surface area contributed by atoms with Gasteiger partial charge in [-0.1, -0.05) is 39.8 Å². The summed E-state index contributed by atoms with van der Waals surface area (Å²) < 4.78 is 10.2. The summed E-state index contributed by atoms with van der Waals surface area (Å²) in [5.41, 5.74) is 1.11. The van der Waals surface area contributed by atoms with Crippen LogP contribution in [0.5, 0.6) is 0 Å². The molecule has 9 nitrogen and oxygen atoms in total. The van der Waals surface area contributed by atoms with Crippen LogP contribution < -0.4 is 0 Å². The first kappa shape index (κ1) is 29.0. The van der Waals surface area contributed by atoms with E-state index >= 15 is 0 Å². The van der Waals surface area contributed by atoms with Crippen LogP contribution in [-0.4, -0.2) is 75.3 Å². The second-order valence-electron chi connectivity index (χ2n) is 8.99. The molecular formula is C24H38O9. The predicted octanol–water partition coefficient (Wildman–Crippen LogP) is 1.36. The van der Waals surface area contributed by atoms with Crippen LogP contribution in [0.3, 0.4) is 0 Å². The van der Waals surface area contributed by atoms with E-state index in [1.807, 2.05) is 32.9 Å². The number of rotatable bonds is 12. The maximum Gasteiger partial charge on any atom is 0.307 e. The van der Waals surface area contributed by atoms with Crippen molar-refractivity contribution in [1.82, 2.24) is 0 Å². The maximum absolute atomic E-state index is 12.7. The minimum Gasteiger partial charge on any atom is -0.463 e. The highest BCUT2D eigenvalue weighted by atomic mass is 16.6. The van der Waals surface area contributed by atoms with Crippen LogP contribution in [0.4, 0.5) is 0 Å². The Hall–Kier alpha value is -2.07. The molecule has 0 heterocycles. The minimum atomic E-state index is -1.70. The summed E-state index contributed by atoms with van der Waals surface area (Å²) in [4.78, 5) is 36.8. The van der Waals surface area contributed by atoms with Gasteiger partial charge in [0.1, 0.15) is 24.9 Å². The van der Waals surface area contributed by atoms with Crippen molar-refractivity contribution in [3.63, 3.8) is 0 Å². The van der Waals surface area contributed by atoms with Crippen molar-refractivity contribution in [3.8, 4) is 0 Å². The fourth-order valence-corrected chi connectivity index (χ4v) is 3.70. The lowest BCUT2D eigenvalue weighted by molar-refractivity contribution is -0.161. The molecule has 0 spiro atoms. The highest BCUT2D eigenvalue weighted by Gasteiger charge is 2.39. The van der Waals surface area contributed by atoms with Gasteiger partial charge in [-0.3, -0.25) is 14.4 Å². The molecule has 0 aromatic carbocycles. The second kappa shape index (κ2) is 13.0. The van der Waals surface area contributed by atoms with Crippen LogP contribution in [0, 0.1) is 5.41 Å². The molecule has 0 aromatic heterocycles. The molecule has 0 fully saturated rings. The molecule has 1 aliphatic rings. The maximum atomic E-state index is 12.7. The number of aliphatic hydroxyl groups excluding tert-OH is 4. The van der Waals surface area contributed by atoms with Crippen LogP contribution in [0.2, 0.25) is 0 Å². The van der Waals surface area contributed by atoms with Crippen LogP contribution in [0.1, 0.15) is 66.7 Å². The number of ketones is 1. The molecule has 1 rings (SSSR count). The Labute approximate surface area is 195 Å². The molecule has 0 aliphatic heterocycles. The summed E-state index contributed by atoms with van der Waals surface area (Å²) in [6.07, 6.45) is -2.46. The highest BCUT2D eigenvalue weighted by molar-refractivity contribution is 6.01. The molecule has 0 amide bonds. The van der Waals surface area contributed by atoms with Gasteiger partial charge in [-0.25, -0.2) is 0 Å². The van der Waals surface area contributed by atoms with E-state index in [1.54, 1.807) is 13.8 Å². The monoisotopic (exact) mass is 470 g/mol. The molecule has 5 atom stereocenters. The molecule has 5 unspecified atom stereocenters. The van der Waals surface area contributed by atoms with Crippen molar-refractivity contribution in [3.05, 3.63) is 23.3 Å². The number of esters is 2. The average Bonchev–Trinajstić information content (AvgIpc) is 2.77. The molecule has 33 heavy (non-hydrogen) atoms. The third-order valence-corrected chi connectivity index (χ3v) is 5.79. The number of carbonyl (C=O) groups excluding carboxylic acids is 3. The first-order valence-corrected chi connectivity index (χ1v) is 11.3. The van der Waals surface area contributed by atoms with Gasteiger partial charge in [0.05, 0.1) is 18.9 Å². The summed E-state index contributed by atoms with van der Waals surface area (Å²) in [6.45, 7) is 8.65. The third kappa shape index (κ3) is 8.33. The van der Waals surface area contributed by atoms with E-state index in [1.165, 1.54) is 0 Å². The number of ether oxygens (including phenoxy) is 2. The van der Waals surface area contributed by atoms with Gasteiger partial charge in [0.2, 0.25) is 0 Å². The molecule has 4 N–H and O–H groups in total. The highest BCUT2D eigenvalue weighted by Crippen LogP contribution is 2.40. The molecule has 0 bridgehead atoms. The lowest BCUT2D eigenvalue weighted by Crippen LogP contribution is -2.46. The van der Waals surface area contributed by atoms with Gasteiger partial charge in [0.25, 0.3) is 0 Å². The lowest BCUT2D eigenvalue weighted by Gasteiger charge is -2.36. The Morgan fingerprint density at radius 1 is 1.06 bits per heavy atom. The lowest BCUT2D eigenvalue weighted by atomic mass is 9.71. The zero-order valence-electron chi connectivity index (χ0n) is 20.1. The van der Waals surface area contributed by atoms with Crippen LogP contribution in [0.25, 0.3) is 0 Å². The zero-order chi connectivity index (χ0) is 25.3. The third-order valence-electron chi connectivity index (χ3n) is 5.79. The summed E-state index contributed by atoms with van der Waals surface area (Å²) in [7, 11) is 0. The fourth-order valence-electron chi connectivity index (χ4n) is 3.70. The molecule has 9 heteroatoms. The van der Waals surface area contributed by atoms with Gasteiger partial charge in [-0.2, -0.15) is 0 Å². The first-order chi connectivity index (χ1) is 15.3. The van der Waals surface area contributed by atoms with Gasteiger partial charge >= 0.3 is 11.9 Å². The molecule has 1 aliphatic carbocycles. The second-order valence-corrected chi connectivity index (χ2v) is 8.99. The number of allylic oxidation sites excluding steroid dienone is 3. The molecular weight excluding hydrogens is 432 g/mol. The predicted molar refractivity (Wildman–Crippen MR) is 120 cm³/mol. The summed E-state index contributed by atoms with van der Waals surface area (Å²) in [5, 5.41) is 38.8. The van der Waals surface area contributed by atoms with Crippen LogP contribution >= 0.6 is 0 Å². The van der Waals surface area contributed by atoms with Crippen molar-refractivity contribution in [1.29, 1.82) is 0 Å². The van der Waals surface area contributed by atoms with Gasteiger partial charge in [0, 0.05) is 6.42 Å². The fraction of sp³-hybridized carbons (Fsp3) is 0.708. The summed E-state index contributed by atoms with van der Waals surface area (Å²) in [5.74, 6) is -1.79. The Morgan fingerprint density at radius 3 is 2.21 bits per heavy atom. The minimum absolute atomic E-state index is 0.166. The van der Waals surface area contributed by atoms with E-state index in [-0.39, 0.29) is 30.5 Å². The van der Waals surface area contributed by atoms with Crippen LogP contribution in [-0.2, 0) is 23.9 Å². The van der Waals surface area contributed by atoms with E-state index in [2.05, 4.69) is 0 Å². The number of aliphatic hydroxyl groups is 4. The number of carbonyl (C=O) groups is 3. The SMILES string of the molecule is CC/C=C/C1=C(C)C(=O)C(OC(=O)CCC(=O)OCC(O)C(O)C(O)C(O)CC)CC1(C)C. The van der Waals surface area contributed by atoms with Crippen molar-refractivity contribution in [2.24, 2.45) is 5.41 Å². The Morgan fingerprint density at radius 2 is 1.64 bits per heavy atom. The van der Waals surface area contributed by atoms with Gasteiger partial charge in [0.15, 0.2) is 11.9 Å². The number of hydrogen-bond donors (Lipinski definition) is 4. The van der Waals surface area contributed by atoms with Crippen LogP contribution in [0.15, 0.2) is 23.3 Å². The standard InChI is InChI=1S/C24H38O9/c1-6-8-9-15-14(3)21(29)18(12-24(15,4)5)33-20(28)11-10-19(27)32-13-17(26)23(31)22(30)16(25)7-2/h8-9,16-18,22-23,25-26,30-31H,6-7,10-13H2,1-5H3/b9-8+. The Bertz CT molecular complexity index is 753.